The van der Waals surface area contributed by atoms with Crippen LogP contribution >= 0.6 is 0 Å². The second kappa shape index (κ2) is 6.92. The summed E-state index contributed by atoms with van der Waals surface area (Å²) in [6, 6.07) is 13.8. The summed E-state index contributed by atoms with van der Waals surface area (Å²) in [5, 5.41) is 11.6. The minimum absolute atomic E-state index is 0.0939. The van der Waals surface area contributed by atoms with Crippen molar-refractivity contribution in [3.05, 3.63) is 65.5 Å². The molecule has 2 aromatic rings. The Morgan fingerprint density at radius 1 is 1.29 bits per heavy atom. The number of benzene rings is 1. The Hall–Kier alpha value is -3.20. The molecule has 0 unspecified atom stereocenters. The number of pyridine rings is 1. The summed E-state index contributed by atoms with van der Waals surface area (Å²) in [5.41, 5.74) is 1.85. The van der Waals surface area contributed by atoms with Crippen molar-refractivity contribution in [3.8, 4) is 6.07 Å². The molecule has 1 fully saturated rings. The molecule has 1 aliphatic heterocycles. The van der Waals surface area contributed by atoms with E-state index in [4.69, 9.17) is 5.26 Å². The lowest BCUT2D eigenvalue weighted by Crippen LogP contribution is -2.41. The molecule has 6 nitrogen and oxygen atoms in total. The molecular weight excluding hydrogens is 304 g/mol. The lowest BCUT2D eigenvalue weighted by molar-refractivity contribution is -0.129. The number of nitrogens with one attached hydrogen (secondary N) is 1. The Morgan fingerprint density at radius 3 is 2.75 bits per heavy atom. The molecule has 1 aromatic heterocycles. The van der Waals surface area contributed by atoms with Crippen molar-refractivity contribution in [2.24, 2.45) is 0 Å². The highest BCUT2D eigenvalue weighted by molar-refractivity contribution is 5.96. The Bertz CT molecular complexity index is 781. The summed E-state index contributed by atoms with van der Waals surface area (Å²) in [4.78, 5) is 30.2. The van der Waals surface area contributed by atoms with E-state index in [1.165, 1.54) is 0 Å². The SMILES string of the molecule is N#Cc1ccc(CN2CC[C@@H](NC(=O)c3ccccn3)C2=O)cc1. The minimum Gasteiger partial charge on any atom is -0.339 e. The molecule has 1 saturated heterocycles. The van der Waals surface area contributed by atoms with Gasteiger partial charge in [-0.1, -0.05) is 18.2 Å². The average Bonchev–Trinajstić information content (AvgIpc) is 2.96. The summed E-state index contributed by atoms with van der Waals surface area (Å²) in [7, 11) is 0. The number of carbonyl (C=O) groups excluding carboxylic acids is 2. The van der Waals surface area contributed by atoms with E-state index < -0.39 is 6.04 Å². The van der Waals surface area contributed by atoms with Crippen LogP contribution in [0.4, 0.5) is 0 Å². The summed E-state index contributed by atoms with van der Waals surface area (Å²) in [6.45, 7) is 1.06. The van der Waals surface area contributed by atoms with Gasteiger partial charge >= 0.3 is 0 Å². The number of aromatic nitrogens is 1. The second-order valence-corrected chi connectivity index (χ2v) is 5.60. The van der Waals surface area contributed by atoms with Gasteiger partial charge in [0.2, 0.25) is 5.91 Å². The number of nitriles is 1. The van der Waals surface area contributed by atoms with Crippen molar-refractivity contribution in [2.75, 3.05) is 6.54 Å². The van der Waals surface area contributed by atoms with Crippen LogP contribution in [-0.2, 0) is 11.3 Å². The van der Waals surface area contributed by atoms with Crippen molar-refractivity contribution in [1.82, 2.24) is 15.2 Å². The fourth-order valence-corrected chi connectivity index (χ4v) is 2.66. The molecule has 0 radical (unpaired) electrons. The van der Waals surface area contributed by atoms with Crippen molar-refractivity contribution in [3.63, 3.8) is 0 Å². The van der Waals surface area contributed by atoms with Crippen LogP contribution in [0.2, 0.25) is 0 Å². The molecule has 24 heavy (non-hydrogen) atoms. The molecule has 6 heteroatoms. The number of carbonyl (C=O) groups is 2. The quantitative estimate of drug-likeness (QED) is 0.924. The highest BCUT2D eigenvalue weighted by atomic mass is 16.2. The van der Waals surface area contributed by atoms with E-state index in [1.807, 2.05) is 12.1 Å². The largest absolute Gasteiger partial charge is 0.339 e. The van der Waals surface area contributed by atoms with Crippen LogP contribution < -0.4 is 5.32 Å². The number of hydrogen-bond donors (Lipinski definition) is 1. The van der Waals surface area contributed by atoms with Crippen molar-refractivity contribution >= 4 is 11.8 Å². The molecule has 2 heterocycles. The highest BCUT2D eigenvalue weighted by Crippen LogP contribution is 2.16. The van der Waals surface area contributed by atoms with Gasteiger partial charge in [-0.3, -0.25) is 14.6 Å². The molecule has 0 spiro atoms. The number of likely N-dealkylation sites (tertiary alicyclic amines) is 1. The van der Waals surface area contributed by atoms with Gasteiger partial charge in [-0.25, -0.2) is 0 Å². The monoisotopic (exact) mass is 320 g/mol. The van der Waals surface area contributed by atoms with E-state index in [0.717, 1.165) is 5.56 Å². The second-order valence-electron chi connectivity index (χ2n) is 5.60. The number of nitrogens with zero attached hydrogens (tertiary/aromatic N) is 3. The zero-order valence-electron chi connectivity index (χ0n) is 13.0. The lowest BCUT2D eigenvalue weighted by atomic mass is 10.1. The van der Waals surface area contributed by atoms with E-state index in [9.17, 15) is 9.59 Å². The van der Waals surface area contributed by atoms with Gasteiger partial charge in [0, 0.05) is 19.3 Å². The zero-order valence-corrected chi connectivity index (χ0v) is 13.0. The predicted molar refractivity (Wildman–Crippen MR) is 86.7 cm³/mol. The summed E-state index contributed by atoms with van der Waals surface area (Å²) in [6.07, 6.45) is 2.12. The standard InChI is InChI=1S/C18H16N4O2/c19-11-13-4-6-14(7-5-13)12-22-10-8-16(18(22)24)21-17(23)15-3-1-2-9-20-15/h1-7,9,16H,8,10,12H2,(H,21,23)/t16-/m1/s1. The van der Waals surface area contributed by atoms with E-state index >= 15 is 0 Å². The van der Waals surface area contributed by atoms with Crippen LogP contribution in [0.3, 0.4) is 0 Å². The van der Waals surface area contributed by atoms with Gasteiger partial charge in [0.25, 0.3) is 5.91 Å². The first-order valence-corrected chi connectivity index (χ1v) is 7.67. The van der Waals surface area contributed by atoms with Crippen LogP contribution in [0.25, 0.3) is 0 Å². The van der Waals surface area contributed by atoms with Crippen LogP contribution in [0.1, 0.15) is 28.0 Å². The van der Waals surface area contributed by atoms with Crippen LogP contribution in [0.5, 0.6) is 0 Å². The van der Waals surface area contributed by atoms with Crippen LogP contribution in [0.15, 0.2) is 48.7 Å². The number of amides is 2. The summed E-state index contributed by atoms with van der Waals surface area (Å²) in [5.74, 6) is -0.433. The van der Waals surface area contributed by atoms with Crippen molar-refractivity contribution in [2.45, 2.75) is 19.0 Å². The summed E-state index contributed by atoms with van der Waals surface area (Å²) >= 11 is 0. The average molecular weight is 320 g/mol. The maximum atomic E-state index is 12.4. The molecule has 0 aliphatic carbocycles. The molecule has 1 atom stereocenters. The normalized spacial score (nSPS) is 16.7. The zero-order chi connectivity index (χ0) is 16.9. The minimum atomic E-state index is -0.516. The number of rotatable bonds is 4. The Kier molecular flexibility index (Phi) is 4.52. The smallest absolute Gasteiger partial charge is 0.270 e. The molecule has 0 saturated carbocycles. The molecular formula is C18H16N4O2. The van der Waals surface area contributed by atoms with E-state index in [1.54, 1.807) is 41.4 Å². The maximum Gasteiger partial charge on any atom is 0.270 e. The molecule has 3 rings (SSSR count). The Morgan fingerprint density at radius 2 is 2.08 bits per heavy atom. The fraction of sp³-hybridized carbons (Fsp3) is 0.222. The molecule has 2 amide bonds. The van der Waals surface area contributed by atoms with Gasteiger partial charge in [0.05, 0.1) is 11.6 Å². The molecule has 1 aromatic carbocycles. The first kappa shape index (κ1) is 15.7. The fourth-order valence-electron chi connectivity index (χ4n) is 2.66. The van der Waals surface area contributed by atoms with Gasteiger partial charge in [-0.15, -0.1) is 0 Å². The van der Waals surface area contributed by atoms with Gasteiger partial charge in [-0.2, -0.15) is 5.26 Å². The number of hydrogen-bond acceptors (Lipinski definition) is 4. The predicted octanol–water partition coefficient (Wildman–Crippen LogP) is 1.48. The van der Waals surface area contributed by atoms with Gasteiger partial charge < -0.3 is 10.2 Å². The van der Waals surface area contributed by atoms with Gasteiger partial charge in [0.15, 0.2) is 0 Å². The van der Waals surface area contributed by atoms with Crippen molar-refractivity contribution in [1.29, 1.82) is 5.26 Å². The molecule has 1 aliphatic rings. The maximum absolute atomic E-state index is 12.4. The first-order valence-electron chi connectivity index (χ1n) is 7.67. The third kappa shape index (κ3) is 3.41. The van der Waals surface area contributed by atoms with E-state index in [-0.39, 0.29) is 11.8 Å². The van der Waals surface area contributed by atoms with E-state index in [0.29, 0.717) is 30.8 Å². The topological polar surface area (TPSA) is 86.1 Å². The summed E-state index contributed by atoms with van der Waals surface area (Å²) < 4.78 is 0. The molecule has 120 valence electrons. The third-order valence-corrected chi connectivity index (χ3v) is 3.96. The van der Waals surface area contributed by atoms with E-state index in [2.05, 4.69) is 16.4 Å². The highest BCUT2D eigenvalue weighted by Gasteiger charge is 2.32. The van der Waals surface area contributed by atoms with Crippen LogP contribution in [0, 0.1) is 11.3 Å². The van der Waals surface area contributed by atoms with Crippen LogP contribution in [-0.4, -0.2) is 34.3 Å². The third-order valence-electron chi connectivity index (χ3n) is 3.96. The van der Waals surface area contributed by atoms with Gasteiger partial charge in [0.1, 0.15) is 11.7 Å². The van der Waals surface area contributed by atoms with Crippen molar-refractivity contribution < 1.29 is 9.59 Å². The Labute approximate surface area is 139 Å². The lowest BCUT2D eigenvalue weighted by Gasteiger charge is -2.17. The molecule has 1 N–H and O–H groups in total. The molecule has 0 bridgehead atoms. The first-order chi connectivity index (χ1) is 11.7. The Balaban J connectivity index is 1.60. The van der Waals surface area contributed by atoms with Gasteiger partial charge in [-0.05, 0) is 36.2 Å².